The zero-order valence-electron chi connectivity index (χ0n) is 16.6. The summed E-state index contributed by atoms with van der Waals surface area (Å²) in [5.41, 5.74) is 1.99. The van der Waals surface area contributed by atoms with Crippen molar-refractivity contribution in [2.45, 2.75) is 32.6 Å². The van der Waals surface area contributed by atoms with E-state index in [1.807, 2.05) is 49.2 Å². The summed E-state index contributed by atoms with van der Waals surface area (Å²) in [5.74, 6) is 0.800. The Morgan fingerprint density at radius 1 is 1.10 bits per heavy atom. The lowest BCUT2D eigenvalue weighted by molar-refractivity contribution is -0.0498. The monoisotopic (exact) mass is 519 g/mol. The van der Waals surface area contributed by atoms with Crippen molar-refractivity contribution >= 4 is 29.9 Å². The molecule has 0 aliphatic heterocycles. The number of aliphatic hydroxyl groups is 1. The molecule has 0 saturated heterocycles. The molecule has 1 atom stereocenters. The van der Waals surface area contributed by atoms with Crippen LogP contribution in [-0.2, 0) is 13.0 Å². The van der Waals surface area contributed by atoms with Crippen molar-refractivity contribution in [3.05, 3.63) is 65.7 Å². The third-order valence-corrected chi connectivity index (χ3v) is 4.03. The Kier molecular flexibility index (Phi) is 11.5. The van der Waals surface area contributed by atoms with Crippen molar-refractivity contribution in [2.24, 2.45) is 4.99 Å². The lowest BCUT2D eigenvalue weighted by Gasteiger charge is -2.23. The van der Waals surface area contributed by atoms with E-state index in [0.717, 1.165) is 11.1 Å². The predicted molar refractivity (Wildman–Crippen MR) is 122 cm³/mol. The van der Waals surface area contributed by atoms with Gasteiger partial charge in [-0.15, -0.1) is 24.0 Å². The summed E-state index contributed by atoms with van der Waals surface area (Å²) < 4.78 is 28.8. The van der Waals surface area contributed by atoms with Gasteiger partial charge in [0.25, 0.3) is 0 Å². The van der Waals surface area contributed by atoms with Crippen molar-refractivity contribution in [3.8, 4) is 5.75 Å². The van der Waals surface area contributed by atoms with Gasteiger partial charge in [0.05, 0.1) is 12.6 Å². The molecule has 2 N–H and O–H groups in total. The molecule has 0 bridgehead atoms. The Morgan fingerprint density at radius 2 is 1.76 bits per heavy atom. The van der Waals surface area contributed by atoms with Gasteiger partial charge in [-0.25, -0.2) is 0 Å². The lowest BCUT2D eigenvalue weighted by atomic mass is 10.1. The van der Waals surface area contributed by atoms with Gasteiger partial charge < -0.3 is 20.1 Å². The van der Waals surface area contributed by atoms with Crippen LogP contribution in [0.4, 0.5) is 8.78 Å². The van der Waals surface area contributed by atoms with Crippen LogP contribution in [0.25, 0.3) is 0 Å². The smallest absolute Gasteiger partial charge is 0.387 e. The van der Waals surface area contributed by atoms with Crippen LogP contribution in [0.2, 0.25) is 0 Å². The lowest BCUT2D eigenvalue weighted by Crippen LogP contribution is -2.39. The minimum absolute atomic E-state index is 0. The number of ether oxygens (including phenoxy) is 1. The van der Waals surface area contributed by atoms with E-state index in [2.05, 4.69) is 15.0 Å². The topological polar surface area (TPSA) is 57.1 Å². The predicted octanol–water partition coefficient (Wildman–Crippen LogP) is 3.91. The SMILES string of the molecule is CCNC(=NCC(O)Cc1ccccc1)N(C)Cc1ccc(OC(F)F)cc1.I. The Balaban J connectivity index is 0.00000420. The zero-order valence-corrected chi connectivity index (χ0v) is 18.9. The molecule has 0 amide bonds. The molecule has 2 aromatic rings. The third kappa shape index (κ3) is 9.40. The van der Waals surface area contributed by atoms with Gasteiger partial charge in [-0.05, 0) is 30.2 Å². The first-order chi connectivity index (χ1) is 13.5. The number of nitrogens with one attached hydrogen (secondary N) is 1. The fourth-order valence-corrected chi connectivity index (χ4v) is 2.74. The van der Waals surface area contributed by atoms with Gasteiger partial charge in [0.1, 0.15) is 5.75 Å². The maximum Gasteiger partial charge on any atom is 0.387 e. The van der Waals surface area contributed by atoms with Crippen LogP contribution in [0.15, 0.2) is 59.6 Å². The first-order valence-electron chi connectivity index (χ1n) is 9.23. The van der Waals surface area contributed by atoms with Crippen molar-refractivity contribution in [2.75, 3.05) is 20.1 Å². The maximum atomic E-state index is 12.2. The summed E-state index contributed by atoms with van der Waals surface area (Å²) in [6.45, 7) is 0.654. The van der Waals surface area contributed by atoms with Crippen molar-refractivity contribution in [1.82, 2.24) is 10.2 Å². The molecule has 0 aliphatic carbocycles. The van der Waals surface area contributed by atoms with E-state index in [9.17, 15) is 13.9 Å². The highest BCUT2D eigenvalue weighted by atomic mass is 127. The molecule has 0 aliphatic rings. The van der Waals surface area contributed by atoms with Crippen LogP contribution in [0.5, 0.6) is 5.75 Å². The van der Waals surface area contributed by atoms with Crippen LogP contribution in [0.3, 0.4) is 0 Å². The number of alkyl halides is 2. The van der Waals surface area contributed by atoms with E-state index in [1.165, 1.54) is 12.1 Å². The molecular weight excluding hydrogens is 491 g/mol. The second kappa shape index (κ2) is 13.3. The highest BCUT2D eigenvalue weighted by Crippen LogP contribution is 2.15. The Hall–Kier alpha value is -1.94. The highest BCUT2D eigenvalue weighted by Gasteiger charge is 2.10. The van der Waals surface area contributed by atoms with E-state index < -0.39 is 12.7 Å². The molecule has 29 heavy (non-hydrogen) atoms. The Bertz CT molecular complexity index is 730. The molecule has 0 fully saturated rings. The minimum Gasteiger partial charge on any atom is -0.435 e. The van der Waals surface area contributed by atoms with Gasteiger partial charge in [-0.3, -0.25) is 4.99 Å². The van der Waals surface area contributed by atoms with E-state index in [1.54, 1.807) is 12.1 Å². The molecule has 5 nitrogen and oxygen atoms in total. The minimum atomic E-state index is -2.83. The Morgan fingerprint density at radius 3 is 2.34 bits per heavy atom. The molecule has 0 heterocycles. The van der Waals surface area contributed by atoms with Crippen LogP contribution in [0.1, 0.15) is 18.1 Å². The van der Waals surface area contributed by atoms with Crippen molar-refractivity contribution in [1.29, 1.82) is 0 Å². The number of nitrogens with zero attached hydrogens (tertiary/aromatic N) is 2. The fourth-order valence-electron chi connectivity index (χ4n) is 2.74. The van der Waals surface area contributed by atoms with Crippen LogP contribution in [-0.4, -0.2) is 48.8 Å². The number of benzene rings is 2. The highest BCUT2D eigenvalue weighted by molar-refractivity contribution is 14.0. The van der Waals surface area contributed by atoms with Gasteiger partial charge in [0, 0.05) is 26.6 Å². The average molecular weight is 519 g/mol. The average Bonchev–Trinajstić information content (AvgIpc) is 2.67. The number of hydrogen-bond donors (Lipinski definition) is 2. The number of guanidine groups is 1. The van der Waals surface area contributed by atoms with Crippen LogP contribution in [0, 0.1) is 0 Å². The summed E-state index contributed by atoms with van der Waals surface area (Å²) in [7, 11) is 1.88. The molecule has 0 aromatic heterocycles. The fraction of sp³-hybridized carbons (Fsp3) is 0.381. The molecule has 1 unspecified atom stereocenters. The van der Waals surface area contributed by atoms with Crippen LogP contribution >= 0.6 is 24.0 Å². The summed E-state index contributed by atoms with van der Waals surface area (Å²) in [4.78, 5) is 6.44. The third-order valence-electron chi connectivity index (χ3n) is 4.03. The Labute approximate surface area is 187 Å². The first kappa shape index (κ1) is 25.1. The summed E-state index contributed by atoms with van der Waals surface area (Å²) in [6, 6.07) is 16.3. The molecule has 2 aromatic carbocycles. The van der Waals surface area contributed by atoms with Gasteiger partial charge in [-0.2, -0.15) is 8.78 Å². The normalized spacial score (nSPS) is 12.3. The van der Waals surface area contributed by atoms with E-state index >= 15 is 0 Å². The van der Waals surface area contributed by atoms with E-state index in [4.69, 9.17) is 0 Å². The summed E-state index contributed by atoms with van der Waals surface area (Å²) in [5, 5.41) is 13.5. The van der Waals surface area contributed by atoms with Crippen LogP contribution < -0.4 is 10.1 Å². The number of halogens is 3. The number of hydrogen-bond acceptors (Lipinski definition) is 3. The quantitative estimate of drug-likeness (QED) is 0.300. The molecule has 0 radical (unpaired) electrons. The standard InChI is InChI=1S/C21H27F2N3O2.HI/c1-3-24-21(25-14-18(27)13-16-7-5-4-6-8-16)26(2)15-17-9-11-19(12-10-17)28-20(22)23;/h4-12,18,20,27H,3,13-15H2,1-2H3,(H,24,25);1H. The van der Waals surface area contributed by atoms with Gasteiger partial charge in [0.2, 0.25) is 0 Å². The second-order valence-electron chi connectivity index (χ2n) is 6.42. The first-order valence-corrected chi connectivity index (χ1v) is 9.23. The zero-order chi connectivity index (χ0) is 20.4. The molecule has 8 heteroatoms. The second-order valence-corrected chi connectivity index (χ2v) is 6.42. The molecule has 0 spiro atoms. The largest absolute Gasteiger partial charge is 0.435 e. The molecule has 0 saturated carbocycles. The van der Waals surface area contributed by atoms with Gasteiger partial charge in [-0.1, -0.05) is 42.5 Å². The summed E-state index contributed by atoms with van der Waals surface area (Å²) in [6.07, 6.45) is -0.0331. The van der Waals surface area contributed by atoms with E-state index in [0.29, 0.717) is 25.5 Å². The van der Waals surface area contributed by atoms with Gasteiger partial charge >= 0.3 is 6.61 Å². The van der Waals surface area contributed by atoms with E-state index in [-0.39, 0.29) is 36.3 Å². The molecular formula is C21H28F2IN3O2. The maximum absolute atomic E-state index is 12.2. The molecule has 160 valence electrons. The summed E-state index contributed by atoms with van der Waals surface area (Å²) >= 11 is 0. The number of rotatable bonds is 9. The van der Waals surface area contributed by atoms with Crippen molar-refractivity contribution < 1.29 is 18.6 Å². The van der Waals surface area contributed by atoms with Crippen molar-refractivity contribution in [3.63, 3.8) is 0 Å². The molecule has 2 rings (SSSR count). The van der Waals surface area contributed by atoms with Gasteiger partial charge in [0.15, 0.2) is 5.96 Å². The number of aliphatic hydroxyl groups excluding tert-OH is 1. The number of aliphatic imine (C=N–C) groups is 1.